The van der Waals surface area contributed by atoms with E-state index in [1.54, 1.807) is 11.1 Å². The van der Waals surface area contributed by atoms with Crippen molar-refractivity contribution in [2.24, 2.45) is 0 Å². The SMILES string of the molecule is O=C(c1cnccn1)N1CCCC(c2[nH]ncc2-c2ccc(C(F)(F)F)cc2)C1. The van der Waals surface area contributed by atoms with Crippen molar-refractivity contribution >= 4 is 5.91 Å². The average molecular weight is 401 g/mol. The van der Waals surface area contributed by atoms with E-state index in [0.717, 1.165) is 36.2 Å². The van der Waals surface area contributed by atoms with Crippen molar-refractivity contribution in [2.75, 3.05) is 13.1 Å². The van der Waals surface area contributed by atoms with Gasteiger partial charge in [0.25, 0.3) is 5.91 Å². The number of nitrogens with one attached hydrogen (secondary N) is 1. The van der Waals surface area contributed by atoms with Crippen LogP contribution in [0.5, 0.6) is 0 Å². The summed E-state index contributed by atoms with van der Waals surface area (Å²) in [5.74, 6) is -0.178. The van der Waals surface area contributed by atoms with E-state index in [-0.39, 0.29) is 11.8 Å². The molecule has 6 nitrogen and oxygen atoms in total. The molecule has 1 amide bonds. The fourth-order valence-corrected chi connectivity index (χ4v) is 3.64. The Bertz CT molecular complexity index is 985. The smallest absolute Gasteiger partial charge is 0.337 e. The quantitative estimate of drug-likeness (QED) is 0.722. The number of carbonyl (C=O) groups excluding carboxylic acids is 1. The van der Waals surface area contributed by atoms with Gasteiger partial charge in [0.2, 0.25) is 0 Å². The van der Waals surface area contributed by atoms with Crippen molar-refractivity contribution in [3.05, 3.63) is 66.0 Å². The second kappa shape index (κ2) is 7.65. The number of likely N-dealkylation sites (tertiary alicyclic amines) is 1. The maximum absolute atomic E-state index is 12.8. The van der Waals surface area contributed by atoms with Crippen molar-refractivity contribution in [3.63, 3.8) is 0 Å². The molecule has 1 atom stereocenters. The Morgan fingerprint density at radius 2 is 1.93 bits per heavy atom. The third kappa shape index (κ3) is 3.98. The van der Waals surface area contributed by atoms with Crippen LogP contribution in [0.2, 0.25) is 0 Å². The van der Waals surface area contributed by atoms with Gasteiger partial charge in [-0.25, -0.2) is 4.98 Å². The van der Waals surface area contributed by atoms with Gasteiger partial charge in [-0.2, -0.15) is 18.3 Å². The van der Waals surface area contributed by atoms with Crippen LogP contribution >= 0.6 is 0 Å². The largest absolute Gasteiger partial charge is 0.416 e. The highest BCUT2D eigenvalue weighted by Gasteiger charge is 2.31. The van der Waals surface area contributed by atoms with Crippen molar-refractivity contribution < 1.29 is 18.0 Å². The number of amides is 1. The van der Waals surface area contributed by atoms with E-state index in [1.807, 2.05) is 0 Å². The van der Waals surface area contributed by atoms with E-state index in [9.17, 15) is 18.0 Å². The Hall–Kier alpha value is -3.23. The predicted molar refractivity (Wildman–Crippen MR) is 98.9 cm³/mol. The zero-order valence-electron chi connectivity index (χ0n) is 15.4. The van der Waals surface area contributed by atoms with Gasteiger partial charge >= 0.3 is 6.18 Å². The summed E-state index contributed by atoms with van der Waals surface area (Å²) >= 11 is 0. The van der Waals surface area contributed by atoms with Gasteiger partial charge in [-0.1, -0.05) is 12.1 Å². The van der Waals surface area contributed by atoms with E-state index in [4.69, 9.17) is 0 Å². The van der Waals surface area contributed by atoms with E-state index >= 15 is 0 Å². The number of halogens is 3. The van der Waals surface area contributed by atoms with Gasteiger partial charge in [-0.3, -0.25) is 14.9 Å². The molecule has 4 rings (SSSR count). The lowest BCUT2D eigenvalue weighted by atomic mass is 9.90. The Kier molecular flexibility index (Phi) is 5.04. The first-order valence-corrected chi connectivity index (χ1v) is 9.19. The summed E-state index contributed by atoms with van der Waals surface area (Å²) < 4.78 is 38.5. The van der Waals surface area contributed by atoms with Crippen LogP contribution in [-0.4, -0.2) is 44.1 Å². The van der Waals surface area contributed by atoms with Crippen molar-refractivity contribution in [1.82, 2.24) is 25.1 Å². The number of alkyl halides is 3. The number of aromatic nitrogens is 4. The summed E-state index contributed by atoms with van der Waals surface area (Å²) in [5, 5.41) is 7.08. The standard InChI is InChI=1S/C20H18F3N5O/c21-20(22,23)15-5-3-13(4-6-15)16-10-26-27-18(16)14-2-1-9-28(12-14)19(29)17-11-24-7-8-25-17/h3-8,10-11,14H,1-2,9,12H2,(H,26,27). The molecule has 0 aliphatic carbocycles. The number of benzene rings is 1. The van der Waals surface area contributed by atoms with Crippen LogP contribution in [-0.2, 0) is 6.18 Å². The molecule has 0 saturated carbocycles. The van der Waals surface area contributed by atoms with Crippen molar-refractivity contribution in [3.8, 4) is 11.1 Å². The zero-order valence-corrected chi connectivity index (χ0v) is 15.4. The number of hydrogen-bond acceptors (Lipinski definition) is 4. The molecule has 1 aliphatic rings. The number of nitrogens with zero attached hydrogens (tertiary/aromatic N) is 4. The molecule has 1 saturated heterocycles. The summed E-state index contributed by atoms with van der Waals surface area (Å²) in [6.45, 7) is 1.10. The van der Waals surface area contributed by atoms with E-state index in [2.05, 4.69) is 20.2 Å². The molecule has 3 aromatic rings. The second-order valence-corrected chi connectivity index (χ2v) is 6.95. The first-order valence-electron chi connectivity index (χ1n) is 9.19. The maximum atomic E-state index is 12.8. The molecule has 2 aromatic heterocycles. The van der Waals surface area contributed by atoms with E-state index < -0.39 is 11.7 Å². The fraction of sp³-hybridized carbons (Fsp3) is 0.300. The van der Waals surface area contributed by atoms with Crippen LogP contribution in [0.4, 0.5) is 13.2 Å². The first-order chi connectivity index (χ1) is 13.9. The van der Waals surface area contributed by atoms with Crippen LogP contribution in [0.25, 0.3) is 11.1 Å². The second-order valence-electron chi connectivity index (χ2n) is 6.95. The highest BCUT2D eigenvalue weighted by atomic mass is 19.4. The lowest BCUT2D eigenvalue weighted by Crippen LogP contribution is -2.39. The normalized spacial score (nSPS) is 17.3. The van der Waals surface area contributed by atoms with Gasteiger partial charge in [0.15, 0.2) is 0 Å². The number of piperidine rings is 1. The number of aromatic amines is 1. The molecule has 1 unspecified atom stereocenters. The molecular weight excluding hydrogens is 383 g/mol. The zero-order chi connectivity index (χ0) is 20.4. The number of H-pyrrole nitrogens is 1. The Morgan fingerprint density at radius 3 is 2.62 bits per heavy atom. The Labute approximate surface area is 164 Å². The minimum Gasteiger partial charge on any atom is -0.337 e. The van der Waals surface area contributed by atoms with Gasteiger partial charge in [0.1, 0.15) is 5.69 Å². The van der Waals surface area contributed by atoms with Crippen LogP contribution in [0.3, 0.4) is 0 Å². The van der Waals surface area contributed by atoms with E-state index in [0.29, 0.717) is 24.3 Å². The molecule has 1 aromatic carbocycles. The summed E-state index contributed by atoms with van der Waals surface area (Å²) in [6, 6.07) is 5.03. The minimum atomic E-state index is -4.37. The van der Waals surface area contributed by atoms with Gasteiger partial charge in [0, 0.05) is 42.7 Å². The highest BCUT2D eigenvalue weighted by Crippen LogP contribution is 2.35. The van der Waals surface area contributed by atoms with Crippen molar-refractivity contribution in [1.29, 1.82) is 0 Å². The summed E-state index contributed by atoms with van der Waals surface area (Å²) in [4.78, 5) is 22.4. The van der Waals surface area contributed by atoms with Crippen LogP contribution in [0.15, 0.2) is 49.1 Å². The number of rotatable bonds is 3. The van der Waals surface area contributed by atoms with Gasteiger partial charge in [0.05, 0.1) is 18.0 Å². The third-order valence-electron chi connectivity index (χ3n) is 5.09. The molecule has 0 bridgehead atoms. The summed E-state index contributed by atoms with van der Waals surface area (Å²) in [5.41, 5.74) is 1.82. The summed E-state index contributed by atoms with van der Waals surface area (Å²) in [6.07, 6.45) is 3.32. The first kappa shape index (κ1) is 19.1. The predicted octanol–water partition coefficient (Wildman–Crippen LogP) is 3.91. The molecule has 0 radical (unpaired) electrons. The number of carbonyl (C=O) groups is 1. The molecule has 3 heterocycles. The highest BCUT2D eigenvalue weighted by molar-refractivity contribution is 5.92. The van der Waals surface area contributed by atoms with Crippen LogP contribution in [0.1, 0.15) is 40.5 Å². The lowest BCUT2D eigenvalue weighted by molar-refractivity contribution is -0.137. The topological polar surface area (TPSA) is 74.8 Å². The average Bonchev–Trinajstić information content (AvgIpc) is 3.23. The van der Waals surface area contributed by atoms with Gasteiger partial charge in [-0.15, -0.1) is 0 Å². The maximum Gasteiger partial charge on any atom is 0.416 e. The van der Waals surface area contributed by atoms with E-state index in [1.165, 1.54) is 30.7 Å². The minimum absolute atomic E-state index is 0.00386. The molecule has 1 fully saturated rings. The molecule has 150 valence electrons. The molecule has 9 heteroatoms. The molecule has 1 N–H and O–H groups in total. The molecule has 29 heavy (non-hydrogen) atoms. The van der Waals surface area contributed by atoms with Crippen LogP contribution < -0.4 is 0 Å². The Morgan fingerprint density at radius 1 is 1.14 bits per heavy atom. The monoisotopic (exact) mass is 401 g/mol. The van der Waals surface area contributed by atoms with Gasteiger partial charge < -0.3 is 4.90 Å². The molecular formula is C20H18F3N5O. The third-order valence-corrected chi connectivity index (χ3v) is 5.09. The number of hydrogen-bond donors (Lipinski definition) is 1. The van der Waals surface area contributed by atoms with Crippen LogP contribution in [0, 0.1) is 0 Å². The van der Waals surface area contributed by atoms with Crippen molar-refractivity contribution in [2.45, 2.75) is 24.9 Å². The summed E-state index contributed by atoms with van der Waals surface area (Å²) in [7, 11) is 0. The van der Waals surface area contributed by atoms with Gasteiger partial charge in [-0.05, 0) is 30.5 Å². The molecule has 1 aliphatic heterocycles. The fourth-order valence-electron chi connectivity index (χ4n) is 3.64. The lowest BCUT2D eigenvalue weighted by Gasteiger charge is -2.32. The Balaban J connectivity index is 1.55. The molecule has 0 spiro atoms.